The number of Topliss-reactive ketones (excluding diaryl/α,β-unsaturated/α-hetero) is 1. The topological polar surface area (TPSA) is 46.6 Å². The maximum Gasteiger partial charge on any atom is 0.414 e. The zero-order chi connectivity index (χ0) is 17.3. The first-order chi connectivity index (χ1) is 11.3. The molecule has 0 unspecified atom stereocenters. The molecule has 1 fully saturated rings. The number of hydrogen-bond acceptors (Lipinski definition) is 3. The Morgan fingerprint density at radius 3 is 2.54 bits per heavy atom. The van der Waals surface area contributed by atoms with E-state index in [9.17, 15) is 9.59 Å². The summed E-state index contributed by atoms with van der Waals surface area (Å²) in [5, 5.41) is 0. The van der Waals surface area contributed by atoms with E-state index in [1.807, 2.05) is 32.9 Å². The molecular formula is C20H27NO3. The van der Waals surface area contributed by atoms with Crippen LogP contribution in [-0.4, -0.2) is 24.0 Å². The lowest BCUT2D eigenvalue weighted by atomic mass is 9.82. The second-order valence-electron chi connectivity index (χ2n) is 7.92. The molecule has 0 aromatic heterocycles. The lowest BCUT2D eigenvalue weighted by Gasteiger charge is -2.32. The minimum absolute atomic E-state index is 0.127. The van der Waals surface area contributed by atoms with Crippen LogP contribution in [0, 0.1) is 0 Å². The Bertz CT molecular complexity index is 639. The number of carbonyl (C=O) groups is 2. The molecule has 1 aliphatic carbocycles. The summed E-state index contributed by atoms with van der Waals surface area (Å²) < 4.78 is 5.49. The van der Waals surface area contributed by atoms with Crippen molar-refractivity contribution in [3.8, 4) is 0 Å². The molecule has 24 heavy (non-hydrogen) atoms. The zero-order valence-corrected chi connectivity index (χ0v) is 14.9. The molecule has 0 radical (unpaired) electrons. The third-order valence-corrected chi connectivity index (χ3v) is 4.86. The molecule has 0 spiro atoms. The monoisotopic (exact) mass is 329 g/mol. The van der Waals surface area contributed by atoms with Crippen molar-refractivity contribution in [2.24, 2.45) is 0 Å². The highest BCUT2D eigenvalue weighted by Gasteiger charge is 2.31. The first-order valence-electron chi connectivity index (χ1n) is 9.03. The standard InChI is InChI=1S/C20H27NO3/c1-20(2,3)24-19(23)21-12-11-18(22)16-13-15(9-10-17(16)21)14-7-5-4-6-8-14/h9-10,13-14H,4-8,11-12H2,1-3H3. The molecule has 130 valence electrons. The van der Waals surface area contributed by atoms with Gasteiger partial charge in [0.2, 0.25) is 0 Å². The summed E-state index contributed by atoms with van der Waals surface area (Å²) >= 11 is 0. The lowest BCUT2D eigenvalue weighted by molar-refractivity contribution is 0.0577. The van der Waals surface area contributed by atoms with Crippen LogP contribution < -0.4 is 4.90 Å². The smallest absolute Gasteiger partial charge is 0.414 e. The van der Waals surface area contributed by atoms with Crippen LogP contribution in [-0.2, 0) is 4.74 Å². The average Bonchev–Trinajstić information content (AvgIpc) is 2.54. The predicted octanol–water partition coefficient (Wildman–Crippen LogP) is 5.06. The van der Waals surface area contributed by atoms with E-state index in [4.69, 9.17) is 4.74 Å². The molecule has 1 saturated carbocycles. The van der Waals surface area contributed by atoms with Crippen molar-refractivity contribution in [2.45, 2.75) is 70.8 Å². The van der Waals surface area contributed by atoms with Gasteiger partial charge in [0.25, 0.3) is 0 Å². The Hall–Kier alpha value is -1.84. The van der Waals surface area contributed by atoms with E-state index in [2.05, 4.69) is 6.07 Å². The highest BCUT2D eigenvalue weighted by Crippen LogP contribution is 2.36. The molecule has 1 aliphatic heterocycles. The normalized spacial score (nSPS) is 19.1. The number of amides is 1. The van der Waals surface area contributed by atoms with Crippen molar-refractivity contribution >= 4 is 17.6 Å². The van der Waals surface area contributed by atoms with Crippen molar-refractivity contribution in [3.63, 3.8) is 0 Å². The van der Waals surface area contributed by atoms with Crippen LogP contribution in [0.25, 0.3) is 0 Å². The van der Waals surface area contributed by atoms with Gasteiger partial charge in [0, 0.05) is 18.5 Å². The number of rotatable bonds is 1. The number of ketones is 1. The van der Waals surface area contributed by atoms with E-state index < -0.39 is 5.60 Å². The van der Waals surface area contributed by atoms with Gasteiger partial charge in [-0.3, -0.25) is 9.69 Å². The number of nitrogens with zero attached hydrogens (tertiary/aromatic N) is 1. The second kappa shape index (κ2) is 6.58. The molecule has 1 aromatic rings. The Morgan fingerprint density at radius 1 is 1.17 bits per heavy atom. The molecule has 0 bridgehead atoms. The van der Waals surface area contributed by atoms with Gasteiger partial charge >= 0.3 is 6.09 Å². The van der Waals surface area contributed by atoms with E-state index in [-0.39, 0.29) is 11.9 Å². The molecule has 1 amide bonds. The molecule has 4 nitrogen and oxygen atoms in total. The van der Waals surface area contributed by atoms with Crippen LogP contribution in [0.5, 0.6) is 0 Å². The van der Waals surface area contributed by atoms with E-state index in [0.29, 0.717) is 30.1 Å². The molecular weight excluding hydrogens is 302 g/mol. The number of anilines is 1. The van der Waals surface area contributed by atoms with Crippen LogP contribution in [0.3, 0.4) is 0 Å². The molecule has 1 aromatic carbocycles. The number of carbonyl (C=O) groups excluding carboxylic acids is 2. The van der Waals surface area contributed by atoms with Crippen molar-refractivity contribution in [2.75, 3.05) is 11.4 Å². The molecule has 3 rings (SSSR count). The van der Waals surface area contributed by atoms with Gasteiger partial charge in [-0.2, -0.15) is 0 Å². The molecule has 0 N–H and O–H groups in total. The fourth-order valence-corrected chi connectivity index (χ4v) is 3.68. The molecule has 0 saturated heterocycles. The van der Waals surface area contributed by atoms with Crippen LogP contribution >= 0.6 is 0 Å². The minimum atomic E-state index is -0.541. The van der Waals surface area contributed by atoms with E-state index >= 15 is 0 Å². The summed E-state index contributed by atoms with van der Waals surface area (Å²) in [6.45, 7) is 5.96. The summed E-state index contributed by atoms with van der Waals surface area (Å²) in [6.07, 6.45) is 6.22. The molecule has 1 heterocycles. The van der Waals surface area contributed by atoms with Crippen molar-refractivity contribution in [1.29, 1.82) is 0 Å². The number of benzene rings is 1. The Morgan fingerprint density at radius 2 is 1.88 bits per heavy atom. The molecule has 0 atom stereocenters. The van der Waals surface area contributed by atoms with Crippen LogP contribution in [0.15, 0.2) is 18.2 Å². The van der Waals surface area contributed by atoms with Gasteiger partial charge in [0.05, 0.1) is 5.69 Å². The van der Waals surface area contributed by atoms with Gasteiger partial charge in [-0.15, -0.1) is 0 Å². The van der Waals surface area contributed by atoms with Gasteiger partial charge in [-0.05, 0) is 57.2 Å². The van der Waals surface area contributed by atoms with Crippen molar-refractivity contribution < 1.29 is 14.3 Å². The third kappa shape index (κ3) is 3.63. The maximum absolute atomic E-state index is 12.5. The number of fused-ring (bicyclic) bond motifs is 1. The van der Waals surface area contributed by atoms with Gasteiger partial charge in [0.1, 0.15) is 5.60 Å². The van der Waals surface area contributed by atoms with Crippen molar-refractivity contribution in [1.82, 2.24) is 0 Å². The van der Waals surface area contributed by atoms with E-state index in [0.717, 1.165) is 0 Å². The fourth-order valence-electron chi connectivity index (χ4n) is 3.68. The van der Waals surface area contributed by atoms with Gasteiger partial charge < -0.3 is 4.74 Å². The summed E-state index contributed by atoms with van der Waals surface area (Å²) in [6, 6.07) is 6.04. The molecule has 2 aliphatic rings. The quantitative estimate of drug-likeness (QED) is 0.723. The predicted molar refractivity (Wildman–Crippen MR) is 94.8 cm³/mol. The first kappa shape index (κ1) is 17.0. The Labute approximate surface area is 144 Å². The maximum atomic E-state index is 12.5. The second-order valence-corrected chi connectivity index (χ2v) is 7.92. The number of hydrogen-bond donors (Lipinski definition) is 0. The summed E-state index contributed by atoms with van der Waals surface area (Å²) in [4.78, 5) is 26.5. The molecule has 4 heteroatoms. The highest BCUT2D eigenvalue weighted by molar-refractivity contribution is 6.07. The lowest BCUT2D eigenvalue weighted by Crippen LogP contribution is -2.41. The largest absolute Gasteiger partial charge is 0.443 e. The van der Waals surface area contributed by atoms with Gasteiger partial charge in [0.15, 0.2) is 5.78 Å². The van der Waals surface area contributed by atoms with Gasteiger partial charge in [-0.25, -0.2) is 4.79 Å². The summed E-state index contributed by atoms with van der Waals surface area (Å²) in [5.74, 6) is 0.677. The van der Waals surface area contributed by atoms with Crippen LogP contribution in [0.4, 0.5) is 10.5 Å². The zero-order valence-electron chi connectivity index (χ0n) is 14.9. The summed E-state index contributed by atoms with van der Waals surface area (Å²) in [7, 11) is 0. The Kier molecular flexibility index (Phi) is 4.66. The van der Waals surface area contributed by atoms with Crippen molar-refractivity contribution in [3.05, 3.63) is 29.3 Å². The number of ether oxygens (including phenoxy) is 1. The average molecular weight is 329 g/mol. The van der Waals surface area contributed by atoms with Crippen LogP contribution in [0.2, 0.25) is 0 Å². The highest BCUT2D eigenvalue weighted by atomic mass is 16.6. The van der Waals surface area contributed by atoms with Crippen LogP contribution in [0.1, 0.15) is 81.1 Å². The fraction of sp³-hybridized carbons (Fsp3) is 0.600. The summed E-state index contributed by atoms with van der Waals surface area (Å²) in [5.41, 5.74) is 2.07. The minimum Gasteiger partial charge on any atom is -0.443 e. The third-order valence-electron chi connectivity index (χ3n) is 4.86. The first-order valence-corrected chi connectivity index (χ1v) is 9.03. The van der Waals surface area contributed by atoms with Gasteiger partial charge in [-0.1, -0.05) is 25.3 Å². The van der Waals surface area contributed by atoms with E-state index in [1.54, 1.807) is 4.90 Å². The Balaban J connectivity index is 1.88. The van der Waals surface area contributed by atoms with E-state index in [1.165, 1.54) is 37.7 Å². The SMILES string of the molecule is CC(C)(C)OC(=O)N1CCC(=O)c2cc(C3CCCCC3)ccc21.